The fourth-order valence-corrected chi connectivity index (χ4v) is 4.41. The fourth-order valence-electron chi connectivity index (χ4n) is 4.41. The molecule has 0 aromatic heterocycles. The van der Waals surface area contributed by atoms with Crippen LogP contribution in [0.2, 0.25) is 0 Å². The molecule has 2 fully saturated rings. The molecule has 0 spiro atoms. The van der Waals surface area contributed by atoms with Crippen LogP contribution in [0.3, 0.4) is 0 Å². The average Bonchev–Trinajstić information content (AvgIpc) is 3.42. The summed E-state index contributed by atoms with van der Waals surface area (Å²) in [7, 11) is 3.90. The Labute approximate surface area is 194 Å². The minimum absolute atomic E-state index is 0.0970. The second kappa shape index (κ2) is 9.67. The molecular weight excluding hydrogens is 420 g/mol. The van der Waals surface area contributed by atoms with Gasteiger partial charge in [0, 0.05) is 38.5 Å². The van der Waals surface area contributed by atoms with Crippen LogP contribution < -0.4 is 9.64 Å². The third-order valence-corrected chi connectivity index (χ3v) is 6.13. The molecule has 2 unspecified atom stereocenters. The molecule has 7 nitrogen and oxygen atoms in total. The number of rotatable bonds is 7. The first-order valence-corrected chi connectivity index (χ1v) is 11.3. The highest BCUT2D eigenvalue weighted by Gasteiger charge is 2.47. The van der Waals surface area contributed by atoms with E-state index in [1.54, 1.807) is 29.2 Å². The Kier molecular flexibility index (Phi) is 6.70. The van der Waals surface area contributed by atoms with Crippen LogP contribution in [-0.4, -0.2) is 61.7 Å². The molecule has 0 radical (unpaired) electrons. The Morgan fingerprint density at radius 1 is 1.12 bits per heavy atom. The van der Waals surface area contributed by atoms with Crippen LogP contribution >= 0.6 is 0 Å². The lowest BCUT2D eigenvalue weighted by molar-refractivity contribution is -0.140. The van der Waals surface area contributed by atoms with E-state index in [0.29, 0.717) is 31.1 Å². The lowest BCUT2D eigenvalue weighted by Gasteiger charge is -2.28. The number of ketones is 1. The Bertz CT molecular complexity index is 1040. The minimum Gasteiger partial charge on any atom is -0.507 e. The van der Waals surface area contributed by atoms with Crippen LogP contribution in [0, 0.1) is 0 Å². The van der Waals surface area contributed by atoms with E-state index in [1.165, 1.54) is 0 Å². The maximum absolute atomic E-state index is 13.1. The normalized spacial score (nSPS) is 22.1. The van der Waals surface area contributed by atoms with E-state index in [9.17, 15) is 14.7 Å². The number of nitrogens with zero attached hydrogens (tertiary/aromatic N) is 2. The monoisotopic (exact) mass is 450 g/mol. The van der Waals surface area contributed by atoms with E-state index in [-0.39, 0.29) is 17.4 Å². The standard InChI is InChI=1S/C26H30N2O5/c1-4-32-20-13-9-18(10-14-20)24(29)22-23(17-7-11-19(12-8-17)27(2)3)28(26(31)25(22)30)16-21-6-5-15-33-21/h7-14,21,23,29H,4-6,15-16H2,1-3H3/b24-22+. The topological polar surface area (TPSA) is 79.3 Å². The van der Waals surface area contributed by atoms with Crippen LogP contribution in [0.15, 0.2) is 54.1 Å². The molecule has 1 N–H and O–H groups in total. The van der Waals surface area contributed by atoms with Gasteiger partial charge in [0.15, 0.2) is 0 Å². The van der Waals surface area contributed by atoms with Crippen molar-refractivity contribution < 1.29 is 24.2 Å². The first-order chi connectivity index (χ1) is 15.9. The Hall–Kier alpha value is -3.32. The number of hydrogen-bond acceptors (Lipinski definition) is 6. The van der Waals surface area contributed by atoms with Crippen molar-refractivity contribution in [2.45, 2.75) is 31.9 Å². The first kappa shape index (κ1) is 22.9. The molecule has 2 aliphatic rings. The number of carbonyl (C=O) groups is 2. The molecule has 2 heterocycles. The number of aliphatic hydroxyl groups is 1. The minimum atomic E-state index is -0.683. The number of aliphatic hydroxyl groups excluding tert-OH is 1. The van der Waals surface area contributed by atoms with Gasteiger partial charge in [-0.05, 0) is 61.7 Å². The molecule has 33 heavy (non-hydrogen) atoms. The number of amides is 1. The molecule has 2 aromatic carbocycles. The molecular formula is C26H30N2O5. The Morgan fingerprint density at radius 2 is 1.82 bits per heavy atom. The van der Waals surface area contributed by atoms with Gasteiger partial charge in [-0.25, -0.2) is 0 Å². The van der Waals surface area contributed by atoms with Gasteiger partial charge >= 0.3 is 0 Å². The van der Waals surface area contributed by atoms with Gasteiger partial charge in [0.2, 0.25) is 0 Å². The van der Waals surface area contributed by atoms with E-state index in [4.69, 9.17) is 9.47 Å². The van der Waals surface area contributed by atoms with Crippen LogP contribution in [0.25, 0.3) is 5.76 Å². The van der Waals surface area contributed by atoms with E-state index in [0.717, 1.165) is 24.1 Å². The van der Waals surface area contributed by atoms with Crippen molar-refractivity contribution >= 4 is 23.1 Å². The summed E-state index contributed by atoms with van der Waals surface area (Å²) in [6, 6.07) is 13.9. The first-order valence-electron chi connectivity index (χ1n) is 11.3. The van der Waals surface area contributed by atoms with Crippen molar-refractivity contribution in [3.63, 3.8) is 0 Å². The van der Waals surface area contributed by atoms with Crippen LogP contribution in [0.5, 0.6) is 5.75 Å². The molecule has 2 atom stereocenters. The van der Waals surface area contributed by atoms with Gasteiger partial charge in [0.25, 0.3) is 11.7 Å². The highest BCUT2D eigenvalue weighted by atomic mass is 16.5. The molecule has 7 heteroatoms. The number of benzene rings is 2. The van der Waals surface area contributed by atoms with Crippen LogP contribution in [0.1, 0.15) is 36.9 Å². The number of likely N-dealkylation sites (tertiary alicyclic amines) is 1. The van der Waals surface area contributed by atoms with Crippen molar-refractivity contribution in [3.8, 4) is 5.75 Å². The fraction of sp³-hybridized carbons (Fsp3) is 0.385. The van der Waals surface area contributed by atoms with E-state index < -0.39 is 17.7 Å². The maximum Gasteiger partial charge on any atom is 0.295 e. The van der Waals surface area contributed by atoms with Gasteiger partial charge in [-0.3, -0.25) is 9.59 Å². The second-order valence-electron chi connectivity index (χ2n) is 8.53. The van der Waals surface area contributed by atoms with Gasteiger partial charge in [0.05, 0.1) is 24.3 Å². The van der Waals surface area contributed by atoms with Gasteiger partial charge in [-0.1, -0.05) is 12.1 Å². The Balaban J connectivity index is 1.77. The summed E-state index contributed by atoms with van der Waals surface area (Å²) in [5, 5.41) is 11.2. The van der Waals surface area contributed by atoms with Gasteiger partial charge < -0.3 is 24.4 Å². The van der Waals surface area contributed by atoms with Crippen LogP contribution in [-0.2, 0) is 14.3 Å². The molecule has 0 bridgehead atoms. The lowest BCUT2D eigenvalue weighted by Crippen LogP contribution is -2.36. The zero-order valence-electron chi connectivity index (χ0n) is 19.3. The molecule has 2 saturated heterocycles. The average molecular weight is 451 g/mol. The lowest BCUT2D eigenvalue weighted by atomic mass is 9.95. The van der Waals surface area contributed by atoms with E-state index in [1.807, 2.05) is 50.2 Å². The summed E-state index contributed by atoms with van der Waals surface area (Å²) in [5.41, 5.74) is 2.33. The third kappa shape index (κ3) is 4.59. The van der Waals surface area contributed by atoms with Gasteiger partial charge in [0.1, 0.15) is 11.5 Å². The van der Waals surface area contributed by atoms with Crippen molar-refractivity contribution in [1.29, 1.82) is 0 Å². The van der Waals surface area contributed by atoms with E-state index >= 15 is 0 Å². The molecule has 4 rings (SSSR count). The molecule has 2 aromatic rings. The summed E-state index contributed by atoms with van der Waals surface area (Å²) in [5.74, 6) is -0.808. The quantitative estimate of drug-likeness (QED) is 0.393. The number of anilines is 1. The van der Waals surface area contributed by atoms with Crippen LogP contribution in [0.4, 0.5) is 5.69 Å². The highest BCUT2D eigenvalue weighted by molar-refractivity contribution is 6.46. The number of carbonyl (C=O) groups excluding carboxylic acids is 2. The Morgan fingerprint density at radius 3 is 2.39 bits per heavy atom. The number of Topliss-reactive ketones (excluding diaryl/α,β-unsaturated/α-hetero) is 1. The van der Waals surface area contributed by atoms with Crippen molar-refractivity contribution in [3.05, 3.63) is 65.2 Å². The summed E-state index contributed by atoms with van der Waals surface area (Å²) >= 11 is 0. The predicted molar refractivity (Wildman–Crippen MR) is 126 cm³/mol. The summed E-state index contributed by atoms with van der Waals surface area (Å²) < 4.78 is 11.2. The van der Waals surface area contributed by atoms with Crippen molar-refractivity contribution in [1.82, 2.24) is 4.90 Å². The summed E-state index contributed by atoms with van der Waals surface area (Å²) in [6.45, 7) is 3.39. The molecule has 174 valence electrons. The molecule has 2 aliphatic heterocycles. The zero-order chi connectivity index (χ0) is 23.5. The second-order valence-corrected chi connectivity index (χ2v) is 8.53. The molecule has 1 amide bonds. The van der Waals surface area contributed by atoms with Gasteiger partial charge in [-0.2, -0.15) is 0 Å². The SMILES string of the molecule is CCOc1ccc(/C(O)=C2\C(=O)C(=O)N(CC3CCCO3)C2c2ccc(N(C)C)cc2)cc1. The van der Waals surface area contributed by atoms with Crippen molar-refractivity contribution in [2.75, 3.05) is 38.8 Å². The van der Waals surface area contributed by atoms with Crippen molar-refractivity contribution in [2.24, 2.45) is 0 Å². The number of ether oxygens (including phenoxy) is 2. The summed E-state index contributed by atoms with van der Waals surface area (Å²) in [6.07, 6.45) is 1.66. The predicted octanol–water partition coefficient (Wildman–Crippen LogP) is 3.75. The third-order valence-electron chi connectivity index (χ3n) is 6.13. The van der Waals surface area contributed by atoms with E-state index in [2.05, 4.69) is 0 Å². The highest BCUT2D eigenvalue weighted by Crippen LogP contribution is 2.40. The number of hydrogen-bond donors (Lipinski definition) is 1. The maximum atomic E-state index is 13.1. The summed E-state index contributed by atoms with van der Waals surface area (Å²) in [4.78, 5) is 29.8. The molecule has 0 saturated carbocycles. The van der Waals surface area contributed by atoms with Gasteiger partial charge in [-0.15, -0.1) is 0 Å². The zero-order valence-corrected chi connectivity index (χ0v) is 19.3. The molecule has 0 aliphatic carbocycles. The smallest absolute Gasteiger partial charge is 0.295 e. The largest absolute Gasteiger partial charge is 0.507 e.